The number of allylic oxidation sites excluding steroid dienone is 1. The average Bonchev–Trinajstić information content (AvgIpc) is 2.90. The molecule has 0 spiro atoms. The Hall–Kier alpha value is -3.87. The summed E-state index contributed by atoms with van der Waals surface area (Å²) >= 11 is 0. The van der Waals surface area contributed by atoms with E-state index in [0.29, 0.717) is 33.9 Å². The van der Waals surface area contributed by atoms with E-state index in [1.54, 1.807) is 30.5 Å². The SMILES string of the molecule is CCN1CCC(Oc2c(C)cc(C(=N)c3cc(O[C@H](N)C4=C(C)C=NNC4C)ccc3N)cc2C#N)CC1. The number of likely N-dealkylation sites (tertiary alicyclic amines) is 1. The third-order valence-electron chi connectivity index (χ3n) is 7.26. The first-order valence-corrected chi connectivity index (χ1v) is 13.1. The zero-order chi connectivity index (χ0) is 27.4. The van der Waals surface area contributed by atoms with E-state index >= 15 is 0 Å². The minimum atomic E-state index is -0.692. The standard InChI is InChI=1S/C29H37N7O2/c1-5-36-10-8-22(9-11-36)37-28-17(2)12-20(13-21(28)15-30)27(32)24-14-23(6-7-25(24)31)38-29(33)26-18(3)16-34-35-19(26)4/h6-7,12-14,16,19,22,29,32,35H,5,8-11,31,33H2,1-4H3/t19?,29-/m0/s1. The monoisotopic (exact) mass is 515 g/mol. The van der Waals surface area contributed by atoms with Crippen molar-refractivity contribution in [3.63, 3.8) is 0 Å². The molecule has 9 heteroatoms. The average molecular weight is 516 g/mol. The zero-order valence-corrected chi connectivity index (χ0v) is 22.5. The van der Waals surface area contributed by atoms with Gasteiger partial charge in [-0.2, -0.15) is 10.4 Å². The molecule has 1 saturated heterocycles. The van der Waals surface area contributed by atoms with Crippen molar-refractivity contribution in [2.24, 2.45) is 10.8 Å². The summed E-state index contributed by atoms with van der Waals surface area (Å²) in [6.45, 7) is 11.0. The van der Waals surface area contributed by atoms with E-state index in [1.165, 1.54) is 0 Å². The Morgan fingerprint density at radius 3 is 2.66 bits per heavy atom. The molecule has 0 amide bonds. The van der Waals surface area contributed by atoms with Gasteiger partial charge >= 0.3 is 0 Å². The fourth-order valence-corrected chi connectivity index (χ4v) is 5.06. The van der Waals surface area contributed by atoms with E-state index in [4.69, 9.17) is 26.4 Å². The quantitative estimate of drug-likeness (QED) is 0.238. The van der Waals surface area contributed by atoms with Crippen molar-refractivity contribution < 1.29 is 9.47 Å². The number of hydrogen-bond acceptors (Lipinski definition) is 9. The first-order chi connectivity index (χ1) is 18.2. The highest BCUT2D eigenvalue weighted by Gasteiger charge is 2.24. The van der Waals surface area contributed by atoms with Crippen LogP contribution in [0.4, 0.5) is 5.69 Å². The highest BCUT2D eigenvalue weighted by atomic mass is 16.5. The van der Waals surface area contributed by atoms with Crippen LogP contribution in [0.15, 0.2) is 46.6 Å². The summed E-state index contributed by atoms with van der Waals surface area (Å²) in [6, 6.07) is 10.9. The molecule has 6 N–H and O–H groups in total. The van der Waals surface area contributed by atoms with Crippen molar-refractivity contribution in [2.75, 3.05) is 25.4 Å². The Labute approximate surface area is 224 Å². The number of nitrogen functional groups attached to an aromatic ring is 1. The Balaban J connectivity index is 1.56. The molecule has 0 saturated carbocycles. The number of benzene rings is 2. The summed E-state index contributed by atoms with van der Waals surface area (Å²) in [7, 11) is 0. The van der Waals surface area contributed by atoms with Crippen molar-refractivity contribution in [2.45, 2.75) is 58.9 Å². The van der Waals surface area contributed by atoms with Crippen LogP contribution in [0.5, 0.6) is 11.5 Å². The van der Waals surface area contributed by atoms with Crippen molar-refractivity contribution >= 4 is 17.6 Å². The van der Waals surface area contributed by atoms with Gasteiger partial charge in [0, 0.05) is 41.7 Å². The van der Waals surface area contributed by atoms with Crippen LogP contribution in [-0.4, -0.2) is 54.8 Å². The summed E-state index contributed by atoms with van der Waals surface area (Å²) < 4.78 is 12.4. The number of hydrazone groups is 1. The van der Waals surface area contributed by atoms with Gasteiger partial charge < -0.3 is 25.5 Å². The number of nitrogens with one attached hydrogen (secondary N) is 2. The van der Waals surface area contributed by atoms with Gasteiger partial charge in [0.15, 0.2) is 6.23 Å². The molecule has 0 radical (unpaired) electrons. The lowest BCUT2D eigenvalue weighted by molar-refractivity contribution is 0.103. The molecule has 2 atom stereocenters. The Morgan fingerprint density at radius 1 is 1.26 bits per heavy atom. The molecular formula is C29H37N7O2. The third kappa shape index (κ3) is 5.82. The number of piperidine rings is 1. The van der Waals surface area contributed by atoms with Crippen LogP contribution in [-0.2, 0) is 0 Å². The van der Waals surface area contributed by atoms with Crippen LogP contribution in [0.1, 0.15) is 55.9 Å². The van der Waals surface area contributed by atoms with Gasteiger partial charge in [-0.15, -0.1) is 0 Å². The Bertz CT molecular complexity index is 1300. The maximum absolute atomic E-state index is 9.91. The highest BCUT2D eigenvalue weighted by molar-refractivity contribution is 6.14. The third-order valence-corrected chi connectivity index (χ3v) is 7.26. The fraction of sp³-hybridized carbons (Fsp3) is 0.414. The first-order valence-electron chi connectivity index (χ1n) is 13.1. The molecule has 4 rings (SSSR count). The van der Waals surface area contributed by atoms with E-state index in [9.17, 15) is 5.26 Å². The van der Waals surface area contributed by atoms with Gasteiger partial charge in [-0.05, 0) is 81.6 Å². The number of ether oxygens (including phenoxy) is 2. The van der Waals surface area contributed by atoms with Crippen molar-refractivity contribution in [3.05, 3.63) is 63.7 Å². The van der Waals surface area contributed by atoms with Gasteiger partial charge in [-0.25, -0.2) is 0 Å². The molecule has 1 unspecified atom stereocenters. The van der Waals surface area contributed by atoms with Gasteiger partial charge in [-0.3, -0.25) is 11.1 Å². The molecule has 0 aromatic heterocycles. The molecule has 200 valence electrons. The molecule has 38 heavy (non-hydrogen) atoms. The molecule has 2 aliphatic rings. The lowest BCUT2D eigenvalue weighted by Crippen LogP contribution is -2.41. The number of hydrogen-bond donors (Lipinski definition) is 4. The van der Waals surface area contributed by atoms with Gasteiger partial charge in [0.05, 0.1) is 17.3 Å². The van der Waals surface area contributed by atoms with Gasteiger partial charge in [0.25, 0.3) is 0 Å². The molecule has 2 aromatic rings. The lowest BCUT2D eigenvalue weighted by Gasteiger charge is -2.31. The van der Waals surface area contributed by atoms with Gasteiger partial charge in [0.2, 0.25) is 0 Å². The van der Waals surface area contributed by atoms with Crippen LogP contribution in [0.3, 0.4) is 0 Å². The molecule has 0 aliphatic carbocycles. The van der Waals surface area contributed by atoms with Crippen LogP contribution >= 0.6 is 0 Å². The topological polar surface area (TPSA) is 146 Å². The molecule has 2 aromatic carbocycles. The van der Waals surface area contributed by atoms with Crippen LogP contribution in [0, 0.1) is 23.7 Å². The smallest absolute Gasteiger partial charge is 0.172 e. The summed E-state index contributed by atoms with van der Waals surface area (Å²) in [5, 5.41) is 22.9. The minimum Gasteiger partial charge on any atom is -0.489 e. The molecule has 9 nitrogen and oxygen atoms in total. The number of aryl methyl sites for hydroxylation is 1. The van der Waals surface area contributed by atoms with Crippen molar-refractivity contribution in [1.29, 1.82) is 10.7 Å². The maximum Gasteiger partial charge on any atom is 0.172 e. The van der Waals surface area contributed by atoms with Crippen LogP contribution in [0.2, 0.25) is 0 Å². The van der Waals surface area contributed by atoms with E-state index in [-0.39, 0.29) is 17.9 Å². The Morgan fingerprint density at radius 2 is 2.00 bits per heavy atom. The summed E-state index contributed by atoms with van der Waals surface area (Å²) in [6.07, 6.45) is 2.97. The number of rotatable bonds is 8. The summed E-state index contributed by atoms with van der Waals surface area (Å²) in [5.74, 6) is 1.09. The second-order valence-corrected chi connectivity index (χ2v) is 9.94. The summed E-state index contributed by atoms with van der Waals surface area (Å²) in [4.78, 5) is 2.40. The molecule has 2 aliphatic heterocycles. The highest BCUT2D eigenvalue weighted by Crippen LogP contribution is 2.31. The van der Waals surface area contributed by atoms with Gasteiger partial charge in [0.1, 0.15) is 23.7 Å². The maximum atomic E-state index is 9.91. The van der Waals surface area contributed by atoms with E-state index in [0.717, 1.165) is 49.2 Å². The summed E-state index contributed by atoms with van der Waals surface area (Å²) in [5.41, 5.74) is 20.5. The number of nitrogens with zero attached hydrogens (tertiary/aromatic N) is 3. The van der Waals surface area contributed by atoms with Crippen LogP contribution in [0.25, 0.3) is 0 Å². The molecular weight excluding hydrogens is 478 g/mol. The van der Waals surface area contributed by atoms with E-state index < -0.39 is 6.23 Å². The fourth-order valence-electron chi connectivity index (χ4n) is 5.06. The van der Waals surface area contributed by atoms with E-state index in [2.05, 4.69) is 28.4 Å². The van der Waals surface area contributed by atoms with Gasteiger partial charge in [-0.1, -0.05) is 6.92 Å². The number of nitriles is 1. The second-order valence-electron chi connectivity index (χ2n) is 9.94. The largest absolute Gasteiger partial charge is 0.489 e. The predicted molar refractivity (Wildman–Crippen MR) is 151 cm³/mol. The number of nitrogens with two attached hydrogens (primary N) is 2. The minimum absolute atomic E-state index is 0.0612. The Kier molecular flexibility index (Phi) is 8.35. The lowest BCUT2D eigenvalue weighted by atomic mass is 9.96. The normalized spacial score (nSPS) is 19.0. The van der Waals surface area contributed by atoms with E-state index in [1.807, 2.05) is 26.8 Å². The predicted octanol–water partition coefficient (Wildman–Crippen LogP) is 3.69. The number of anilines is 1. The zero-order valence-electron chi connectivity index (χ0n) is 22.5. The van der Waals surface area contributed by atoms with Crippen molar-refractivity contribution in [3.8, 4) is 17.6 Å². The molecule has 2 heterocycles. The molecule has 0 bridgehead atoms. The van der Waals surface area contributed by atoms with Crippen LogP contribution < -0.4 is 26.4 Å². The second kappa shape index (κ2) is 11.7. The first kappa shape index (κ1) is 27.2. The van der Waals surface area contributed by atoms with Crippen molar-refractivity contribution in [1.82, 2.24) is 10.3 Å². The molecule has 1 fully saturated rings.